The van der Waals surface area contributed by atoms with E-state index in [1.165, 1.54) is 0 Å². The molecular formula is C16H31N3O2. The Labute approximate surface area is 129 Å². The lowest BCUT2D eigenvalue weighted by molar-refractivity contribution is -0.148. The first-order valence-corrected chi connectivity index (χ1v) is 8.19. The molecule has 1 aliphatic rings. The Morgan fingerprint density at radius 3 is 2.52 bits per heavy atom. The second-order valence-electron chi connectivity index (χ2n) is 6.34. The molecule has 0 aliphatic carbocycles. The fraction of sp³-hybridized carbons (Fsp3) is 0.875. The van der Waals surface area contributed by atoms with Crippen LogP contribution in [0, 0.1) is 0 Å². The first-order valence-electron chi connectivity index (χ1n) is 8.19. The van der Waals surface area contributed by atoms with Gasteiger partial charge in [-0.3, -0.25) is 9.59 Å². The van der Waals surface area contributed by atoms with Crippen molar-refractivity contribution >= 4 is 11.8 Å². The Morgan fingerprint density at radius 1 is 1.29 bits per heavy atom. The van der Waals surface area contributed by atoms with Gasteiger partial charge in [0, 0.05) is 12.6 Å². The summed E-state index contributed by atoms with van der Waals surface area (Å²) in [5.74, 6) is 0.0634. The van der Waals surface area contributed by atoms with Gasteiger partial charge in [0.2, 0.25) is 11.8 Å². The van der Waals surface area contributed by atoms with Crippen LogP contribution in [0.5, 0.6) is 0 Å². The van der Waals surface area contributed by atoms with Crippen LogP contribution < -0.4 is 5.32 Å². The van der Waals surface area contributed by atoms with Crippen molar-refractivity contribution in [1.82, 2.24) is 15.1 Å². The lowest BCUT2D eigenvalue weighted by atomic mass is 10.0. The summed E-state index contributed by atoms with van der Waals surface area (Å²) >= 11 is 0. The molecule has 0 aromatic rings. The van der Waals surface area contributed by atoms with Crippen LogP contribution in [0.2, 0.25) is 0 Å². The molecule has 1 heterocycles. The molecule has 2 amide bonds. The van der Waals surface area contributed by atoms with E-state index in [2.05, 4.69) is 31.1 Å². The predicted octanol–water partition coefficient (Wildman–Crippen LogP) is 1.62. The number of rotatable bonds is 8. The van der Waals surface area contributed by atoms with E-state index in [1.54, 1.807) is 4.90 Å². The van der Waals surface area contributed by atoms with Crippen molar-refractivity contribution in [3.05, 3.63) is 0 Å². The number of hydrogen-bond donors (Lipinski definition) is 1. The van der Waals surface area contributed by atoms with Crippen molar-refractivity contribution in [1.29, 1.82) is 0 Å². The lowest BCUT2D eigenvalue weighted by Gasteiger charge is -2.37. The molecule has 0 saturated carbocycles. The highest BCUT2D eigenvalue weighted by atomic mass is 16.2. The Kier molecular flexibility index (Phi) is 7.15. The summed E-state index contributed by atoms with van der Waals surface area (Å²) in [6.07, 6.45) is 3.62. The summed E-state index contributed by atoms with van der Waals surface area (Å²) in [4.78, 5) is 28.4. The van der Waals surface area contributed by atoms with Gasteiger partial charge in [0.1, 0.15) is 12.1 Å². The third kappa shape index (κ3) is 4.99. The van der Waals surface area contributed by atoms with Crippen LogP contribution in [0.3, 0.4) is 0 Å². The Hall–Kier alpha value is -1.10. The minimum absolute atomic E-state index is 0.0210. The van der Waals surface area contributed by atoms with Crippen LogP contribution >= 0.6 is 0 Å². The summed E-state index contributed by atoms with van der Waals surface area (Å²) in [6, 6.07) is -0.120. The molecule has 0 aromatic carbocycles. The summed E-state index contributed by atoms with van der Waals surface area (Å²) in [5.41, 5.74) is 0. The van der Waals surface area contributed by atoms with Crippen molar-refractivity contribution in [2.45, 2.75) is 71.5 Å². The Balaban J connectivity index is 2.47. The molecule has 0 bridgehead atoms. The maximum absolute atomic E-state index is 12.4. The van der Waals surface area contributed by atoms with E-state index < -0.39 is 0 Å². The molecule has 21 heavy (non-hydrogen) atoms. The normalized spacial score (nSPS) is 23.1. The highest BCUT2D eigenvalue weighted by Gasteiger charge is 2.36. The van der Waals surface area contributed by atoms with Crippen molar-refractivity contribution in [3.63, 3.8) is 0 Å². The monoisotopic (exact) mass is 297 g/mol. The molecule has 1 N–H and O–H groups in total. The average Bonchev–Trinajstić information content (AvgIpc) is 2.43. The molecule has 0 spiro atoms. The Morgan fingerprint density at radius 2 is 1.95 bits per heavy atom. The fourth-order valence-electron chi connectivity index (χ4n) is 2.58. The van der Waals surface area contributed by atoms with Crippen LogP contribution in [0.15, 0.2) is 0 Å². The molecular weight excluding hydrogens is 266 g/mol. The second-order valence-corrected chi connectivity index (χ2v) is 6.34. The topological polar surface area (TPSA) is 52.7 Å². The maximum atomic E-state index is 12.4. The third-order valence-electron chi connectivity index (χ3n) is 4.36. The lowest BCUT2D eigenvalue weighted by Crippen LogP contribution is -2.62. The SMILES string of the molecule is CCCC1NC(=O)C(C)N(CCCCN(C)C(C)C)C1=O. The molecule has 1 aliphatic heterocycles. The van der Waals surface area contributed by atoms with Crippen LogP contribution in [0.4, 0.5) is 0 Å². The zero-order valence-corrected chi connectivity index (χ0v) is 14.2. The number of carbonyl (C=O) groups excluding carboxylic acids is 2. The minimum Gasteiger partial charge on any atom is -0.343 e. The van der Waals surface area contributed by atoms with Crippen molar-refractivity contribution in [2.24, 2.45) is 0 Å². The quantitative estimate of drug-likeness (QED) is 0.693. The average molecular weight is 297 g/mol. The van der Waals surface area contributed by atoms with Gasteiger partial charge in [-0.15, -0.1) is 0 Å². The van der Waals surface area contributed by atoms with E-state index in [1.807, 2.05) is 13.8 Å². The van der Waals surface area contributed by atoms with Crippen molar-refractivity contribution < 1.29 is 9.59 Å². The maximum Gasteiger partial charge on any atom is 0.245 e. The molecule has 2 atom stereocenters. The number of nitrogens with zero attached hydrogens (tertiary/aromatic N) is 2. The van der Waals surface area contributed by atoms with Crippen LogP contribution in [0.1, 0.15) is 53.4 Å². The van der Waals surface area contributed by atoms with Crippen LogP contribution in [0.25, 0.3) is 0 Å². The number of hydrogen-bond acceptors (Lipinski definition) is 3. The van der Waals surface area contributed by atoms with E-state index >= 15 is 0 Å². The zero-order chi connectivity index (χ0) is 16.0. The summed E-state index contributed by atoms with van der Waals surface area (Å²) in [7, 11) is 2.12. The molecule has 1 saturated heterocycles. The van der Waals surface area contributed by atoms with E-state index in [0.29, 0.717) is 12.6 Å². The summed E-state index contributed by atoms with van der Waals surface area (Å²) in [5, 5.41) is 2.83. The van der Waals surface area contributed by atoms with Gasteiger partial charge in [0.15, 0.2) is 0 Å². The smallest absolute Gasteiger partial charge is 0.245 e. The van der Waals surface area contributed by atoms with Gasteiger partial charge < -0.3 is 15.1 Å². The first kappa shape index (κ1) is 18.0. The summed E-state index contributed by atoms with van der Waals surface area (Å²) < 4.78 is 0. The van der Waals surface area contributed by atoms with E-state index in [4.69, 9.17) is 0 Å². The van der Waals surface area contributed by atoms with Crippen molar-refractivity contribution in [3.8, 4) is 0 Å². The highest BCUT2D eigenvalue weighted by Crippen LogP contribution is 2.14. The number of piperazine rings is 1. The molecule has 1 rings (SSSR count). The molecule has 122 valence electrons. The summed E-state index contributed by atoms with van der Waals surface area (Å²) in [6.45, 7) is 9.91. The second kappa shape index (κ2) is 8.37. The molecule has 5 heteroatoms. The van der Waals surface area contributed by atoms with Gasteiger partial charge in [-0.05, 0) is 53.6 Å². The molecule has 2 unspecified atom stereocenters. The van der Waals surface area contributed by atoms with Gasteiger partial charge in [-0.25, -0.2) is 0 Å². The van der Waals surface area contributed by atoms with Gasteiger partial charge in [-0.1, -0.05) is 13.3 Å². The molecule has 0 aromatic heterocycles. The molecule has 0 radical (unpaired) electrons. The minimum atomic E-state index is -0.339. The van der Waals surface area contributed by atoms with Gasteiger partial charge >= 0.3 is 0 Å². The zero-order valence-electron chi connectivity index (χ0n) is 14.2. The molecule has 1 fully saturated rings. The van der Waals surface area contributed by atoms with Crippen molar-refractivity contribution in [2.75, 3.05) is 20.1 Å². The third-order valence-corrected chi connectivity index (χ3v) is 4.36. The largest absolute Gasteiger partial charge is 0.343 e. The number of nitrogens with one attached hydrogen (secondary N) is 1. The van der Waals surface area contributed by atoms with Gasteiger partial charge in [0.25, 0.3) is 0 Å². The van der Waals surface area contributed by atoms with Gasteiger partial charge in [-0.2, -0.15) is 0 Å². The van der Waals surface area contributed by atoms with Gasteiger partial charge in [0.05, 0.1) is 0 Å². The van der Waals surface area contributed by atoms with E-state index in [-0.39, 0.29) is 23.9 Å². The number of carbonyl (C=O) groups is 2. The highest BCUT2D eigenvalue weighted by molar-refractivity contribution is 5.96. The van der Waals surface area contributed by atoms with E-state index in [0.717, 1.165) is 32.2 Å². The van der Waals surface area contributed by atoms with Crippen LogP contribution in [-0.2, 0) is 9.59 Å². The fourth-order valence-corrected chi connectivity index (χ4v) is 2.58. The van der Waals surface area contributed by atoms with Crippen LogP contribution in [-0.4, -0.2) is 59.9 Å². The predicted molar refractivity (Wildman–Crippen MR) is 85.0 cm³/mol. The number of unbranched alkanes of at least 4 members (excludes halogenated alkanes) is 1. The number of amides is 2. The first-order chi connectivity index (χ1) is 9.88. The van der Waals surface area contributed by atoms with E-state index in [9.17, 15) is 9.59 Å². The standard InChI is InChI=1S/C16H31N3O2/c1-6-9-14-16(21)19(13(4)15(20)17-14)11-8-7-10-18(5)12(2)3/h12-14H,6-11H2,1-5H3,(H,17,20). The Bertz CT molecular complexity index is 357. The molecule has 5 nitrogen and oxygen atoms in total.